The van der Waals surface area contributed by atoms with Crippen molar-refractivity contribution in [1.29, 1.82) is 0 Å². The van der Waals surface area contributed by atoms with Crippen molar-refractivity contribution in [2.24, 2.45) is 23.7 Å². The smallest absolute Gasteiger partial charge is 0.309 e. The molecular formula is C31H44O15. The largest absolute Gasteiger partial charge is 0.463 e. The van der Waals surface area contributed by atoms with E-state index in [1.165, 1.54) is 20.1 Å². The summed E-state index contributed by atoms with van der Waals surface area (Å²) in [7, 11) is 0. The van der Waals surface area contributed by atoms with Crippen molar-refractivity contribution in [2.45, 2.75) is 111 Å². The Morgan fingerprint density at radius 2 is 1.37 bits per heavy atom. The molecule has 0 bridgehead atoms. The number of rotatable bonds is 12. The van der Waals surface area contributed by atoms with Gasteiger partial charge in [0.1, 0.15) is 18.8 Å². The Labute approximate surface area is 267 Å². The van der Waals surface area contributed by atoms with Gasteiger partial charge in [-0.3, -0.25) is 28.8 Å². The molecule has 0 amide bonds. The maximum Gasteiger partial charge on any atom is 0.309 e. The minimum atomic E-state index is -1.40. The summed E-state index contributed by atoms with van der Waals surface area (Å²) < 4.78 is 50.8. The molecular weight excluding hydrogens is 612 g/mol. The van der Waals surface area contributed by atoms with Gasteiger partial charge in [-0.25, -0.2) is 0 Å². The maximum absolute atomic E-state index is 12.6. The molecule has 2 fully saturated rings. The fourth-order valence-corrected chi connectivity index (χ4v) is 6.03. The highest BCUT2D eigenvalue weighted by Gasteiger charge is 2.54. The molecule has 0 spiro atoms. The monoisotopic (exact) mass is 656 g/mol. The second-order valence-corrected chi connectivity index (χ2v) is 12.1. The summed E-state index contributed by atoms with van der Waals surface area (Å²) in [4.78, 5) is 72.3. The molecule has 1 saturated carbocycles. The van der Waals surface area contributed by atoms with Crippen molar-refractivity contribution >= 4 is 35.8 Å². The molecule has 0 unspecified atom stereocenters. The van der Waals surface area contributed by atoms with E-state index in [-0.39, 0.29) is 36.7 Å². The van der Waals surface area contributed by atoms with Crippen molar-refractivity contribution in [2.75, 3.05) is 13.2 Å². The van der Waals surface area contributed by atoms with Gasteiger partial charge in [0.25, 0.3) is 0 Å². The predicted molar refractivity (Wildman–Crippen MR) is 153 cm³/mol. The van der Waals surface area contributed by atoms with Crippen LogP contribution in [0.4, 0.5) is 0 Å². The molecule has 15 nitrogen and oxygen atoms in total. The highest BCUT2D eigenvalue weighted by molar-refractivity contribution is 5.70. The maximum atomic E-state index is 12.6. The Balaban J connectivity index is 1.91. The quantitative estimate of drug-likeness (QED) is 0.219. The molecule has 2 heterocycles. The standard InChI is InChI=1S/C31H44O15/c1-14(2)9-25(37)46-30-26-15(3)23(41-17(5)33)10-22(26)21(11-39-30)12-40-31-29(44-20(8)36)28(43-19(7)35)27(42-18(6)34)24(45-31)13-38-16(4)32/h11,14-15,22-24,26-31H,9-10,12-13H2,1-8H3/t15-,22+,23-,24+,26+,27+,28-,29+,30-,31+/m0/s1. The van der Waals surface area contributed by atoms with Gasteiger partial charge in [-0.1, -0.05) is 20.8 Å². The SMILES string of the molecule is CC(=O)OC[C@H]1O[C@@H](OCC2=CO[C@@H](OC(=O)CC(C)C)[C@@H]3[C@@H](C)[C@@H](OC(C)=O)C[C@H]23)[C@H](OC(C)=O)[C@@H](OC(C)=O)[C@@H]1OC(C)=O. The highest BCUT2D eigenvalue weighted by atomic mass is 16.7. The topological polar surface area (TPSA) is 185 Å². The Morgan fingerprint density at radius 1 is 0.783 bits per heavy atom. The van der Waals surface area contributed by atoms with Crippen LogP contribution in [0.5, 0.6) is 0 Å². The van der Waals surface area contributed by atoms with Gasteiger partial charge in [-0.05, 0) is 23.8 Å². The Kier molecular flexibility index (Phi) is 12.9. The van der Waals surface area contributed by atoms with Gasteiger partial charge >= 0.3 is 35.8 Å². The molecule has 0 radical (unpaired) electrons. The van der Waals surface area contributed by atoms with Crippen molar-refractivity contribution in [3.05, 3.63) is 11.8 Å². The van der Waals surface area contributed by atoms with E-state index in [9.17, 15) is 28.8 Å². The normalized spacial score (nSPS) is 31.8. The molecule has 15 heteroatoms. The average Bonchev–Trinajstić information content (AvgIpc) is 3.24. The van der Waals surface area contributed by atoms with E-state index in [1.807, 2.05) is 20.8 Å². The summed E-state index contributed by atoms with van der Waals surface area (Å²) in [5, 5.41) is 0. The van der Waals surface area contributed by atoms with Crippen LogP contribution in [-0.4, -0.2) is 92.1 Å². The molecule has 0 aromatic heterocycles. The van der Waals surface area contributed by atoms with Gasteiger partial charge in [0.05, 0.1) is 12.9 Å². The van der Waals surface area contributed by atoms with Crippen LogP contribution in [0.25, 0.3) is 0 Å². The molecule has 2 aliphatic heterocycles. The first-order valence-corrected chi connectivity index (χ1v) is 15.2. The molecule has 0 aromatic rings. The lowest BCUT2D eigenvalue weighted by Crippen LogP contribution is -2.63. The van der Waals surface area contributed by atoms with Crippen LogP contribution in [0.3, 0.4) is 0 Å². The van der Waals surface area contributed by atoms with Crippen molar-refractivity contribution in [1.82, 2.24) is 0 Å². The van der Waals surface area contributed by atoms with Gasteiger partial charge in [-0.15, -0.1) is 0 Å². The zero-order valence-electron chi connectivity index (χ0n) is 27.4. The van der Waals surface area contributed by atoms with E-state index in [0.717, 1.165) is 20.8 Å². The molecule has 3 aliphatic rings. The van der Waals surface area contributed by atoms with Gasteiger partial charge in [-0.2, -0.15) is 0 Å². The van der Waals surface area contributed by atoms with E-state index in [2.05, 4.69) is 0 Å². The number of carbonyl (C=O) groups is 6. The Bertz CT molecular complexity index is 1180. The Morgan fingerprint density at radius 3 is 1.93 bits per heavy atom. The van der Waals surface area contributed by atoms with Crippen LogP contribution in [0.1, 0.15) is 68.2 Å². The summed E-state index contributed by atoms with van der Waals surface area (Å²) in [6.45, 7) is 11.0. The summed E-state index contributed by atoms with van der Waals surface area (Å²) in [6.07, 6.45) is -6.11. The summed E-state index contributed by atoms with van der Waals surface area (Å²) in [6, 6.07) is 0. The van der Waals surface area contributed by atoms with Gasteiger partial charge in [0, 0.05) is 52.9 Å². The van der Waals surface area contributed by atoms with Gasteiger partial charge < -0.3 is 42.6 Å². The first-order valence-electron chi connectivity index (χ1n) is 15.2. The van der Waals surface area contributed by atoms with Crippen LogP contribution in [0.15, 0.2) is 11.8 Å². The third-order valence-electron chi connectivity index (χ3n) is 7.79. The average molecular weight is 657 g/mol. The second kappa shape index (κ2) is 16.2. The molecule has 0 aromatic carbocycles. The third kappa shape index (κ3) is 9.89. The minimum absolute atomic E-state index is 0.0720. The lowest BCUT2D eigenvalue weighted by atomic mass is 9.83. The first kappa shape index (κ1) is 36.7. The number of hydrogen-bond acceptors (Lipinski definition) is 15. The van der Waals surface area contributed by atoms with Crippen LogP contribution in [0.2, 0.25) is 0 Å². The third-order valence-corrected chi connectivity index (χ3v) is 7.79. The number of esters is 6. The van der Waals surface area contributed by atoms with E-state index in [4.69, 9.17) is 42.6 Å². The summed E-state index contributed by atoms with van der Waals surface area (Å²) in [5.74, 6) is -4.69. The lowest BCUT2D eigenvalue weighted by Gasteiger charge is -2.44. The van der Waals surface area contributed by atoms with Crippen LogP contribution in [-0.2, 0) is 71.4 Å². The number of ether oxygens (including phenoxy) is 9. The zero-order chi connectivity index (χ0) is 34.3. The number of carbonyl (C=O) groups excluding carboxylic acids is 6. The van der Waals surface area contributed by atoms with Crippen LogP contribution >= 0.6 is 0 Å². The molecule has 258 valence electrons. The minimum Gasteiger partial charge on any atom is -0.463 e. The summed E-state index contributed by atoms with van der Waals surface area (Å²) in [5.41, 5.74) is 0.607. The number of fused-ring (bicyclic) bond motifs is 1. The Hall–Kier alpha value is -3.72. The lowest BCUT2D eigenvalue weighted by molar-refractivity contribution is -0.307. The zero-order valence-corrected chi connectivity index (χ0v) is 27.4. The first-order chi connectivity index (χ1) is 21.6. The molecule has 0 N–H and O–H groups in total. The highest BCUT2D eigenvalue weighted by Crippen LogP contribution is 2.48. The molecule has 10 atom stereocenters. The predicted octanol–water partition coefficient (Wildman–Crippen LogP) is 2.12. The van der Waals surface area contributed by atoms with Crippen LogP contribution < -0.4 is 0 Å². The van der Waals surface area contributed by atoms with E-state index in [1.54, 1.807) is 0 Å². The van der Waals surface area contributed by atoms with Gasteiger partial charge in [0.2, 0.25) is 6.29 Å². The second-order valence-electron chi connectivity index (χ2n) is 12.1. The summed E-state index contributed by atoms with van der Waals surface area (Å²) >= 11 is 0. The number of hydrogen-bond donors (Lipinski definition) is 0. The molecule has 46 heavy (non-hydrogen) atoms. The molecule has 1 aliphatic carbocycles. The fraction of sp³-hybridized carbons (Fsp3) is 0.742. The van der Waals surface area contributed by atoms with Crippen LogP contribution in [0, 0.1) is 23.7 Å². The van der Waals surface area contributed by atoms with E-state index >= 15 is 0 Å². The molecule has 1 saturated heterocycles. The van der Waals surface area contributed by atoms with Crippen molar-refractivity contribution in [3.63, 3.8) is 0 Å². The van der Waals surface area contributed by atoms with Gasteiger partial charge in [0.15, 0.2) is 24.6 Å². The van der Waals surface area contributed by atoms with E-state index in [0.29, 0.717) is 12.0 Å². The van der Waals surface area contributed by atoms with E-state index < -0.39 is 85.5 Å². The van der Waals surface area contributed by atoms with Crippen molar-refractivity contribution < 1.29 is 71.4 Å². The van der Waals surface area contributed by atoms with Crippen molar-refractivity contribution in [3.8, 4) is 0 Å². The molecule has 3 rings (SSSR count). The fourth-order valence-electron chi connectivity index (χ4n) is 6.03.